The Balaban J connectivity index is 2.12. The van der Waals surface area contributed by atoms with Crippen LogP contribution >= 0.6 is 11.6 Å². The van der Waals surface area contributed by atoms with Gasteiger partial charge in [0.1, 0.15) is 17.2 Å². The third-order valence-electron chi connectivity index (χ3n) is 3.42. The Hall–Kier alpha value is -2.40. The fourth-order valence-electron chi connectivity index (χ4n) is 2.12. The Morgan fingerprint density at radius 1 is 1.08 bits per heavy atom. The van der Waals surface area contributed by atoms with E-state index >= 15 is 0 Å². The molecule has 0 saturated carbocycles. The number of benzene rings is 2. The molecule has 0 aliphatic heterocycles. The SMILES string of the molecule is CC[C@@H](Oc1ccc(Cl)cc1)C(=O)Nc1cc(OC)ccc1OC. The zero-order valence-corrected chi connectivity index (χ0v) is 14.6. The Kier molecular flexibility index (Phi) is 6.32. The maximum atomic E-state index is 12.5. The second-order valence-electron chi connectivity index (χ2n) is 5.02. The van der Waals surface area contributed by atoms with Gasteiger partial charge >= 0.3 is 0 Å². The summed E-state index contributed by atoms with van der Waals surface area (Å²) in [5.74, 6) is 1.49. The van der Waals surface area contributed by atoms with Gasteiger partial charge in [-0.25, -0.2) is 0 Å². The van der Waals surface area contributed by atoms with Crippen LogP contribution in [0, 0.1) is 0 Å². The molecule has 0 saturated heterocycles. The lowest BCUT2D eigenvalue weighted by Crippen LogP contribution is -2.32. The zero-order valence-electron chi connectivity index (χ0n) is 13.8. The minimum Gasteiger partial charge on any atom is -0.497 e. The molecule has 0 fully saturated rings. The average molecular weight is 350 g/mol. The molecule has 2 rings (SSSR count). The summed E-state index contributed by atoms with van der Waals surface area (Å²) in [5.41, 5.74) is 0.528. The summed E-state index contributed by atoms with van der Waals surface area (Å²) in [4.78, 5) is 12.5. The monoisotopic (exact) mass is 349 g/mol. The van der Waals surface area contributed by atoms with Crippen molar-refractivity contribution in [2.24, 2.45) is 0 Å². The molecule has 1 N–H and O–H groups in total. The Bertz CT molecular complexity index is 688. The fraction of sp³-hybridized carbons (Fsp3) is 0.278. The molecule has 5 nitrogen and oxygen atoms in total. The second-order valence-corrected chi connectivity index (χ2v) is 5.46. The van der Waals surface area contributed by atoms with Crippen molar-refractivity contribution < 1.29 is 19.0 Å². The largest absolute Gasteiger partial charge is 0.497 e. The standard InChI is InChI=1S/C18H20ClNO4/c1-4-16(24-13-7-5-12(19)6-8-13)18(21)20-15-11-14(22-2)9-10-17(15)23-3/h5-11,16H,4H2,1-3H3,(H,20,21)/t16-/m1/s1. The van der Waals surface area contributed by atoms with Gasteiger partial charge in [0.2, 0.25) is 0 Å². The van der Waals surface area contributed by atoms with E-state index in [1.807, 2.05) is 6.92 Å². The van der Waals surface area contributed by atoms with Crippen LogP contribution in [-0.2, 0) is 4.79 Å². The van der Waals surface area contributed by atoms with Crippen molar-refractivity contribution in [1.29, 1.82) is 0 Å². The average Bonchev–Trinajstić information content (AvgIpc) is 2.61. The molecule has 2 aromatic rings. The normalized spacial score (nSPS) is 11.5. The van der Waals surface area contributed by atoms with Crippen molar-refractivity contribution in [3.8, 4) is 17.2 Å². The summed E-state index contributed by atoms with van der Waals surface area (Å²) in [7, 11) is 3.10. The summed E-state index contributed by atoms with van der Waals surface area (Å²) < 4.78 is 16.2. The highest BCUT2D eigenvalue weighted by molar-refractivity contribution is 6.30. The first-order valence-electron chi connectivity index (χ1n) is 7.52. The van der Waals surface area contributed by atoms with Crippen molar-refractivity contribution in [3.05, 3.63) is 47.5 Å². The van der Waals surface area contributed by atoms with Crippen LogP contribution < -0.4 is 19.5 Å². The molecule has 2 aromatic carbocycles. The van der Waals surface area contributed by atoms with E-state index in [-0.39, 0.29) is 5.91 Å². The van der Waals surface area contributed by atoms with E-state index < -0.39 is 6.10 Å². The van der Waals surface area contributed by atoms with Crippen LogP contribution in [-0.4, -0.2) is 26.2 Å². The molecular formula is C18H20ClNO4. The molecule has 0 aromatic heterocycles. The van der Waals surface area contributed by atoms with E-state index in [9.17, 15) is 4.79 Å². The summed E-state index contributed by atoms with van der Waals surface area (Å²) in [6.07, 6.45) is -0.122. The molecule has 1 atom stereocenters. The lowest BCUT2D eigenvalue weighted by Gasteiger charge is -2.18. The van der Waals surface area contributed by atoms with Gasteiger partial charge in [0.15, 0.2) is 6.10 Å². The number of anilines is 1. The number of carbonyl (C=O) groups excluding carboxylic acids is 1. The van der Waals surface area contributed by atoms with E-state index in [0.29, 0.717) is 34.4 Å². The fourth-order valence-corrected chi connectivity index (χ4v) is 2.25. The van der Waals surface area contributed by atoms with Gasteiger partial charge in [0.25, 0.3) is 5.91 Å². The maximum absolute atomic E-state index is 12.5. The summed E-state index contributed by atoms with van der Waals surface area (Å²) in [5, 5.41) is 3.44. The molecule has 128 valence electrons. The van der Waals surface area contributed by atoms with Gasteiger partial charge in [-0.2, -0.15) is 0 Å². The predicted octanol–water partition coefficient (Wildman–Crippen LogP) is 4.15. The maximum Gasteiger partial charge on any atom is 0.265 e. The van der Waals surface area contributed by atoms with Crippen molar-refractivity contribution >= 4 is 23.2 Å². The van der Waals surface area contributed by atoms with Crippen LogP contribution in [0.4, 0.5) is 5.69 Å². The number of ether oxygens (including phenoxy) is 3. The molecule has 0 bridgehead atoms. The lowest BCUT2D eigenvalue weighted by atomic mass is 10.2. The molecule has 6 heteroatoms. The minimum atomic E-state index is -0.637. The van der Waals surface area contributed by atoms with Gasteiger partial charge in [-0.05, 0) is 42.8 Å². The number of rotatable bonds is 7. The van der Waals surface area contributed by atoms with E-state index in [4.69, 9.17) is 25.8 Å². The van der Waals surface area contributed by atoms with Crippen LogP contribution in [0.15, 0.2) is 42.5 Å². The molecule has 0 aliphatic rings. The Morgan fingerprint density at radius 3 is 2.33 bits per heavy atom. The topological polar surface area (TPSA) is 56.8 Å². The third kappa shape index (κ3) is 4.55. The van der Waals surface area contributed by atoms with Crippen LogP contribution in [0.3, 0.4) is 0 Å². The van der Waals surface area contributed by atoms with E-state index in [0.717, 1.165) is 0 Å². The molecule has 0 unspecified atom stereocenters. The van der Waals surface area contributed by atoms with Crippen molar-refractivity contribution in [3.63, 3.8) is 0 Å². The summed E-state index contributed by atoms with van der Waals surface area (Å²) >= 11 is 5.85. The van der Waals surface area contributed by atoms with E-state index in [2.05, 4.69) is 5.32 Å². The van der Waals surface area contributed by atoms with Gasteiger partial charge in [-0.3, -0.25) is 4.79 Å². The first-order valence-corrected chi connectivity index (χ1v) is 7.90. The Labute approximate surface area is 146 Å². The number of carbonyl (C=O) groups is 1. The predicted molar refractivity (Wildman–Crippen MR) is 94.3 cm³/mol. The number of hydrogen-bond donors (Lipinski definition) is 1. The Morgan fingerprint density at radius 2 is 1.75 bits per heavy atom. The third-order valence-corrected chi connectivity index (χ3v) is 3.67. The number of methoxy groups -OCH3 is 2. The van der Waals surface area contributed by atoms with E-state index in [1.54, 1.807) is 56.7 Å². The van der Waals surface area contributed by atoms with Gasteiger partial charge in [-0.1, -0.05) is 18.5 Å². The van der Waals surface area contributed by atoms with Crippen molar-refractivity contribution in [2.45, 2.75) is 19.4 Å². The molecule has 0 radical (unpaired) electrons. The quantitative estimate of drug-likeness (QED) is 0.815. The van der Waals surface area contributed by atoms with Crippen molar-refractivity contribution in [2.75, 3.05) is 19.5 Å². The molecular weight excluding hydrogens is 330 g/mol. The van der Waals surface area contributed by atoms with Gasteiger partial charge in [-0.15, -0.1) is 0 Å². The van der Waals surface area contributed by atoms with Crippen LogP contribution in [0.5, 0.6) is 17.2 Å². The van der Waals surface area contributed by atoms with Gasteiger partial charge in [0, 0.05) is 11.1 Å². The van der Waals surface area contributed by atoms with Crippen LogP contribution in [0.1, 0.15) is 13.3 Å². The summed E-state index contributed by atoms with van der Waals surface area (Å²) in [6.45, 7) is 1.88. The van der Waals surface area contributed by atoms with Crippen molar-refractivity contribution in [1.82, 2.24) is 0 Å². The summed E-state index contributed by atoms with van der Waals surface area (Å²) in [6, 6.07) is 12.1. The van der Waals surface area contributed by atoms with Crippen LogP contribution in [0.25, 0.3) is 0 Å². The number of nitrogens with one attached hydrogen (secondary N) is 1. The highest BCUT2D eigenvalue weighted by Gasteiger charge is 2.20. The lowest BCUT2D eigenvalue weighted by molar-refractivity contribution is -0.122. The second kappa shape index (κ2) is 8.45. The first-order chi connectivity index (χ1) is 11.6. The molecule has 24 heavy (non-hydrogen) atoms. The van der Waals surface area contributed by atoms with Gasteiger partial charge < -0.3 is 19.5 Å². The molecule has 1 amide bonds. The van der Waals surface area contributed by atoms with Gasteiger partial charge in [0.05, 0.1) is 19.9 Å². The molecule has 0 spiro atoms. The van der Waals surface area contributed by atoms with Crippen LogP contribution in [0.2, 0.25) is 5.02 Å². The molecule has 0 heterocycles. The minimum absolute atomic E-state index is 0.265. The zero-order chi connectivity index (χ0) is 17.5. The highest BCUT2D eigenvalue weighted by Crippen LogP contribution is 2.29. The number of amides is 1. The smallest absolute Gasteiger partial charge is 0.265 e. The van der Waals surface area contributed by atoms with E-state index in [1.165, 1.54) is 0 Å². The first kappa shape index (κ1) is 17.9. The number of hydrogen-bond acceptors (Lipinski definition) is 4. The number of halogens is 1. The highest BCUT2D eigenvalue weighted by atomic mass is 35.5. The molecule has 0 aliphatic carbocycles.